The largest absolute Gasteiger partial charge is 0.326 e. The van der Waals surface area contributed by atoms with Gasteiger partial charge >= 0.3 is 0 Å². The second kappa shape index (κ2) is 8.43. The number of amides is 2. The summed E-state index contributed by atoms with van der Waals surface area (Å²) in [5.74, 6) is -0.818. The lowest BCUT2D eigenvalue weighted by Gasteiger charge is -2.20. The Morgan fingerprint density at radius 3 is 2.26 bits per heavy atom. The third-order valence-corrected chi connectivity index (χ3v) is 6.94. The highest BCUT2D eigenvalue weighted by Crippen LogP contribution is 2.28. The first-order chi connectivity index (χ1) is 14.4. The van der Waals surface area contributed by atoms with E-state index < -0.39 is 21.5 Å². The lowest BCUT2D eigenvalue weighted by molar-refractivity contribution is -0.122. The molecule has 0 aliphatic carbocycles. The zero-order valence-electron chi connectivity index (χ0n) is 18.5. The Morgan fingerprint density at radius 2 is 1.68 bits per heavy atom. The van der Waals surface area contributed by atoms with Crippen LogP contribution in [0.2, 0.25) is 0 Å². The van der Waals surface area contributed by atoms with Gasteiger partial charge in [-0.1, -0.05) is 6.07 Å². The van der Waals surface area contributed by atoms with Crippen LogP contribution < -0.4 is 14.9 Å². The Morgan fingerprint density at radius 1 is 1.03 bits per heavy atom. The molecule has 1 fully saturated rings. The first-order valence-electron chi connectivity index (χ1n) is 10.2. The van der Waals surface area contributed by atoms with Gasteiger partial charge in [0, 0.05) is 29.9 Å². The summed E-state index contributed by atoms with van der Waals surface area (Å²) >= 11 is 0. The molecule has 0 saturated carbocycles. The van der Waals surface area contributed by atoms with Crippen LogP contribution in [0.3, 0.4) is 0 Å². The van der Waals surface area contributed by atoms with Crippen LogP contribution >= 0.6 is 0 Å². The average molecular weight is 444 g/mol. The van der Waals surface area contributed by atoms with Gasteiger partial charge < -0.3 is 10.2 Å². The number of hydrogen-bond acceptors (Lipinski definition) is 4. The second-order valence-electron chi connectivity index (χ2n) is 9.04. The molecule has 1 aliphatic heterocycles. The van der Waals surface area contributed by atoms with Crippen LogP contribution in [-0.2, 0) is 19.6 Å². The van der Waals surface area contributed by atoms with Gasteiger partial charge in [-0.3, -0.25) is 9.59 Å². The van der Waals surface area contributed by atoms with Gasteiger partial charge in [-0.15, -0.1) is 0 Å². The number of nitrogens with one attached hydrogen (secondary N) is 2. The van der Waals surface area contributed by atoms with E-state index in [4.69, 9.17) is 0 Å². The number of anilines is 2. The SMILES string of the molecule is Cc1ccc(N2C[C@@H](C(=O)Nc3ccc(S(=O)(=O)NC(C)(C)C)cc3)CC2=O)cc1C. The molecule has 1 aliphatic rings. The van der Waals surface area contributed by atoms with Crippen molar-refractivity contribution >= 4 is 33.2 Å². The van der Waals surface area contributed by atoms with Crippen LogP contribution in [0.4, 0.5) is 11.4 Å². The summed E-state index contributed by atoms with van der Waals surface area (Å²) in [6.45, 7) is 9.62. The minimum absolute atomic E-state index is 0.0851. The summed E-state index contributed by atoms with van der Waals surface area (Å²) in [5, 5.41) is 2.79. The zero-order valence-corrected chi connectivity index (χ0v) is 19.3. The van der Waals surface area contributed by atoms with Crippen LogP contribution in [0, 0.1) is 19.8 Å². The minimum atomic E-state index is -3.64. The van der Waals surface area contributed by atoms with E-state index in [9.17, 15) is 18.0 Å². The van der Waals surface area contributed by atoms with E-state index in [0.29, 0.717) is 12.2 Å². The van der Waals surface area contributed by atoms with Crippen molar-refractivity contribution in [3.05, 3.63) is 53.6 Å². The van der Waals surface area contributed by atoms with Crippen molar-refractivity contribution in [1.82, 2.24) is 4.72 Å². The molecule has 1 saturated heterocycles. The van der Waals surface area contributed by atoms with Crippen LogP contribution in [0.15, 0.2) is 47.4 Å². The van der Waals surface area contributed by atoms with Crippen molar-refractivity contribution < 1.29 is 18.0 Å². The van der Waals surface area contributed by atoms with Gasteiger partial charge in [-0.25, -0.2) is 13.1 Å². The van der Waals surface area contributed by atoms with Gasteiger partial charge in [0.05, 0.1) is 10.8 Å². The molecule has 0 bridgehead atoms. The van der Waals surface area contributed by atoms with Gasteiger partial charge in [0.25, 0.3) is 0 Å². The molecule has 0 unspecified atom stereocenters. The second-order valence-corrected chi connectivity index (χ2v) is 10.7. The van der Waals surface area contributed by atoms with Gasteiger partial charge in [0.15, 0.2) is 0 Å². The van der Waals surface area contributed by atoms with Crippen molar-refractivity contribution in [2.75, 3.05) is 16.8 Å². The predicted molar refractivity (Wildman–Crippen MR) is 122 cm³/mol. The molecule has 0 aromatic heterocycles. The molecule has 2 amide bonds. The Hall–Kier alpha value is -2.71. The molecule has 1 heterocycles. The molecule has 1 atom stereocenters. The normalized spacial score (nSPS) is 17.1. The van der Waals surface area contributed by atoms with Crippen LogP contribution in [0.25, 0.3) is 0 Å². The molecular weight excluding hydrogens is 414 g/mol. The molecular formula is C23H29N3O4S. The highest BCUT2D eigenvalue weighted by molar-refractivity contribution is 7.89. The first kappa shape index (κ1) is 23.0. The van der Waals surface area contributed by atoms with Crippen LogP contribution in [-0.4, -0.2) is 32.3 Å². The van der Waals surface area contributed by atoms with E-state index in [1.54, 1.807) is 37.8 Å². The highest BCUT2D eigenvalue weighted by atomic mass is 32.2. The molecule has 0 radical (unpaired) electrons. The summed E-state index contributed by atoms with van der Waals surface area (Å²) in [4.78, 5) is 27.0. The maximum atomic E-state index is 12.7. The maximum Gasteiger partial charge on any atom is 0.241 e. The van der Waals surface area contributed by atoms with Crippen molar-refractivity contribution in [3.8, 4) is 0 Å². The topological polar surface area (TPSA) is 95.6 Å². The third kappa shape index (κ3) is 5.51. The van der Waals surface area contributed by atoms with Crippen LogP contribution in [0.5, 0.6) is 0 Å². The van der Waals surface area contributed by atoms with Crippen molar-refractivity contribution in [2.24, 2.45) is 5.92 Å². The smallest absolute Gasteiger partial charge is 0.241 e. The quantitative estimate of drug-likeness (QED) is 0.741. The molecule has 3 rings (SSSR count). The number of carbonyl (C=O) groups is 2. The standard InChI is InChI=1S/C23H29N3O4S/c1-15-6-9-19(12-16(15)2)26-14-17(13-21(26)27)22(28)24-18-7-10-20(11-8-18)31(29,30)25-23(3,4)5/h6-12,17,25H,13-14H2,1-5H3,(H,24,28)/t17-/m0/s1. The molecule has 2 aromatic carbocycles. The Balaban J connectivity index is 1.67. The van der Waals surface area contributed by atoms with Gasteiger partial charge in [0.1, 0.15) is 0 Å². The van der Waals surface area contributed by atoms with E-state index in [1.165, 1.54) is 12.1 Å². The van der Waals surface area contributed by atoms with E-state index in [-0.39, 0.29) is 23.1 Å². The number of aryl methyl sites for hydroxylation is 2. The molecule has 7 nitrogen and oxygen atoms in total. The van der Waals surface area contributed by atoms with Crippen molar-refractivity contribution in [2.45, 2.75) is 51.5 Å². The number of nitrogens with zero attached hydrogens (tertiary/aromatic N) is 1. The molecule has 0 spiro atoms. The summed E-state index contributed by atoms with van der Waals surface area (Å²) in [6.07, 6.45) is 0.140. The molecule has 2 aromatic rings. The maximum absolute atomic E-state index is 12.7. The summed E-state index contributed by atoms with van der Waals surface area (Å²) in [5.41, 5.74) is 2.92. The van der Waals surface area contributed by atoms with Crippen molar-refractivity contribution in [3.63, 3.8) is 0 Å². The number of benzene rings is 2. The van der Waals surface area contributed by atoms with E-state index >= 15 is 0 Å². The summed E-state index contributed by atoms with van der Waals surface area (Å²) in [6, 6.07) is 11.8. The molecule has 166 valence electrons. The lowest BCUT2D eigenvalue weighted by atomic mass is 10.1. The Bertz CT molecular complexity index is 1100. The predicted octanol–water partition coefficient (Wildman–Crippen LogP) is 3.37. The van der Waals surface area contributed by atoms with Gasteiger partial charge in [-0.05, 0) is 82.1 Å². The fourth-order valence-corrected chi connectivity index (χ4v) is 4.87. The van der Waals surface area contributed by atoms with Gasteiger partial charge in [0.2, 0.25) is 21.8 Å². The van der Waals surface area contributed by atoms with E-state index in [1.807, 2.05) is 32.0 Å². The average Bonchev–Trinajstić information content (AvgIpc) is 3.04. The molecule has 8 heteroatoms. The third-order valence-electron chi connectivity index (χ3n) is 5.17. The monoisotopic (exact) mass is 443 g/mol. The van der Waals surface area contributed by atoms with Crippen LogP contribution in [0.1, 0.15) is 38.3 Å². The number of hydrogen-bond donors (Lipinski definition) is 2. The molecule has 31 heavy (non-hydrogen) atoms. The number of carbonyl (C=O) groups excluding carboxylic acids is 2. The Labute approximate surface area is 183 Å². The number of rotatable bonds is 5. The summed E-state index contributed by atoms with van der Waals surface area (Å²) in [7, 11) is -3.64. The number of sulfonamides is 1. The fourth-order valence-electron chi connectivity index (χ4n) is 3.45. The van der Waals surface area contributed by atoms with E-state index in [0.717, 1.165) is 16.8 Å². The van der Waals surface area contributed by atoms with Gasteiger partial charge in [-0.2, -0.15) is 0 Å². The fraction of sp³-hybridized carbons (Fsp3) is 0.391. The first-order valence-corrected chi connectivity index (χ1v) is 11.7. The summed E-state index contributed by atoms with van der Waals surface area (Å²) < 4.78 is 27.4. The zero-order chi connectivity index (χ0) is 23.0. The lowest BCUT2D eigenvalue weighted by Crippen LogP contribution is -2.40. The van der Waals surface area contributed by atoms with E-state index in [2.05, 4.69) is 10.0 Å². The molecule has 2 N–H and O–H groups in total. The highest BCUT2D eigenvalue weighted by Gasteiger charge is 2.35. The minimum Gasteiger partial charge on any atom is -0.326 e. The Kier molecular flexibility index (Phi) is 6.25. The van der Waals surface area contributed by atoms with Crippen molar-refractivity contribution in [1.29, 1.82) is 0 Å².